The van der Waals surface area contributed by atoms with Crippen LogP contribution in [0, 0.1) is 10.1 Å². The zero-order valence-electron chi connectivity index (χ0n) is 7.31. The highest BCUT2D eigenvalue weighted by Crippen LogP contribution is 2.24. The molecule has 0 aliphatic carbocycles. The minimum absolute atomic E-state index is 0.104. The summed E-state index contributed by atoms with van der Waals surface area (Å²) in [6.07, 6.45) is 1.29. The fourth-order valence-electron chi connectivity index (χ4n) is 1.25. The van der Waals surface area contributed by atoms with E-state index in [-0.39, 0.29) is 11.6 Å². The number of nitrogens with zero attached hydrogens (tertiary/aromatic N) is 3. The van der Waals surface area contributed by atoms with E-state index in [2.05, 4.69) is 5.10 Å². The highest BCUT2D eigenvalue weighted by molar-refractivity contribution is 5.34. The predicted octanol–water partition coefficient (Wildman–Crippen LogP) is 1.45. The first-order chi connectivity index (χ1) is 5.54. The van der Waals surface area contributed by atoms with Gasteiger partial charge >= 0.3 is 5.69 Å². The fraction of sp³-hybridized carbons (Fsp3) is 0.571. The molecule has 66 valence electrons. The van der Waals surface area contributed by atoms with Crippen molar-refractivity contribution in [2.24, 2.45) is 7.05 Å². The Labute approximate surface area is 70.2 Å². The average molecular weight is 169 g/mol. The largest absolute Gasteiger partial charge is 0.310 e. The molecule has 0 spiro atoms. The van der Waals surface area contributed by atoms with Crippen molar-refractivity contribution in [3.05, 3.63) is 22.0 Å². The van der Waals surface area contributed by atoms with E-state index in [1.54, 1.807) is 11.7 Å². The highest BCUT2D eigenvalue weighted by atomic mass is 16.6. The lowest BCUT2D eigenvalue weighted by Gasteiger charge is -2.03. The number of aryl methyl sites for hydroxylation is 1. The van der Waals surface area contributed by atoms with Gasteiger partial charge in [0.25, 0.3) is 0 Å². The van der Waals surface area contributed by atoms with Crippen molar-refractivity contribution in [3.63, 3.8) is 0 Å². The number of aromatic nitrogens is 2. The lowest BCUT2D eigenvalue weighted by atomic mass is 10.1. The van der Waals surface area contributed by atoms with Crippen LogP contribution in [0.4, 0.5) is 5.69 Å². The van der Waals surface area contributed by atoms with Crippen molar-refractivity contribution < 1.29 is 4.92 Å². The number of rotatable bonds is 2. The Kier molecular flexibility index (Phi) is 2.12. The summed E-state index contributed by atoms with van der Waals surface area (Å²) in [5.41, 5.74) is 0.771. The molecule has 0 atom stereocenters. The van der Waals surface area contributed by atoms with E-state index in [0.717, 1.165) is 0 Å². The molecule has 0 saturated heterocycles. The summed E-state index contributed by atoms with van der Waals surface area (Å²) in [5.74, 6) is 0.123. The average Bonchev–Trinajstić information content (AvgIpc) is 2.30. The molecule has 5 heteroatoms. The van der Waals surface area contributed by atoms with Crippen molar-refractivity contribution in [2.45, 2.75) is 19.8 Å². The van der Waals surface area contributed by atoms with Gasteiger partial charge in [-0.2, -0.15) is 5.10 Å². The Balaban J connectivity index is 3.21. The van der Waals surface area contributed by atoms with Gasteiger partial charge in [0, 0.05) is 13.0 Å². The number of hydrogen-bond acceptors (Lipinski definition) is 3. The van der Waals surface area contributed by atoms with Crippen LogP contribution in [-0.4, -0.2) is 14.7 Å². The monoisotopic (exact) mass is 169 g/mol. The van der Waals surface area contributed by atoms with Crippen LogP contribution in [0.2, 0.25) is 0 Å². The first-order valence-electron chi connectivity index (χ1n) is 3.70. The summed E-state index contributed by atoms with van der Waals surface area (Å²) in [5, 5.41) is 14.3. The van der Waals surface area contributed by atoms with Gasteiger partial charge in [0.1, 0.15) is 11.9 Å². The summed E-state index contributed by atoms with van der Waals surface area (Å²) < 4.78 is 1.54. The zero-order chi connectivity index (χ0) is 9.30. The Morgan fingerprint density at radius 3 is 2.58 bits per heavy atom. The summed E-state index contributed by atoms with van der Waals surface area (Å²) in [7, 11) is 1.71. The van der Waals surface area contributed by atoms with Gasteiger partial charge in [-0.3, -0.25) is 14.8 Å². The maximum atomic E-state index is 10.5. The molecular formula is C7H11N3O2. The molecule has 0 aliphatic rings. The van der Waals surface area contributed by atoms with Gasteiger partial charge in [0.2, 0.25) is 0 Å². The van der Waals surface area contributed by atoms with Gasteiger partial charge in [-0.15, -0.1) is 0 Å². The summed E-state index contributed by atoms with van der Waals surface area (Å²) in [6.45, 7) is 3.81. The second kappa shape index (κ2) is 2.92. The first-order valence-corrected chi connectivity index (χ1v) is 3.70. The summed E-state index contributed by atoms with van der Waals surface area (Å²) in [4.78, 5) is 10.1. The van der Waals surface area contributed by atoms with Crippen LogP contribution in [0.15, 0.2) is 6.20 Å². The summed E-state index contributed by atoms with van der Waals surface area (Å²) >= 11 is 0. The van der Waals surface area contributed by atoms with Gasteiger partial charge in [0.15, 0.2) is 0 Å². The maximum Gasteiger partial charge on any atom is 0.310 e. The van der Waals surface area contributed by atoms with Crippen LogP contribution in [-0.2, 0) is 7.05 Å². The molecule has 12 heavy (non-hydrogen) atoms. The van der Waals surface area contributed by atoms with Crippen LogP contribution >= 0.6 is 0 Å². The molecule has 0 bridgehead atoms. The smallest absolute Gasteiger partial charge is 0.265 e. The second-order valence-electron chi connectivity index (χ2n) is 2.95. The Bertz CT molecular complexity index is 304. The van der Waals surface area contributed by atoms with Crippen LogP contribution in [0.5, 0.6) is 0 Å². The number of nitro groups is 1. The molecule has 0 saturated carbocycles. The fourth-order valence-corrected chi connectivity index (χ4v) is 1.25. The van der Waals surface area contributed by atoms with E-state index in [4.69, 9.17) is 0 Å². The quantitative estimate of drug-likeness (QED) is 0.497. The third-order valence-electron chi connectivity index (χ3n) is 1.71. The van der Waals surface area contributed by atoms with E-state index in [1.165, 1.54) is 6.20 Å². The molecular weight excluding hydrogens is 158 g/mol. The molecule has 1 aromatic rings. The SMILES string of the molecule is CC(C)c1c([N+](=O)[O-])cnn1C. The summed E-state index contributed by atoms with van der Waals surface area (Å²) in [6, 6.07) is 0. The van der Waals surface area contributed by atoms with E-state index < -0.39 is 4.92 Å². The van der Waals surface area contributed by atoms with E-state index >= 15 is 0 Å². The van der Waals surface area contributed by atoms with E-state index in [9.17, 15) is 10.1 Å². The van der Waals surface area contributed by atoms with Crippen molar-refractivity contribution >= 4 is 5.69 Å². The van der Waals surface area contributed by atoms with Gasteiger partial charge in [-0.25, -0.2) is 0 Å². The van der Waals surface area contributed by atoms with Gasteiger partial charge < -0.3 is 0 Å². The van der Waals surface area contributed by atoms with Crippen LogP contribution < -0.4 is 0 Å². The molecule has 0 unspecified atom stereocenters. The molecule has 1 heterocycles. The number of hydrogen-bond donors (Lipinski definition) is 0. The van der Waals surface area contributed by atoms with E-state index in [1.807, 2.05) is 13.8 Å². The van der Waals surface area contributed by atoms with Crippen LogP contribution in [0.25, 0.3) is 0 Å². The topological polar surface area (TPSA) is 61.0 Å². The Hall–Kier alpha value is -1.39. The van der Waals surface area contributed by atoms with Crippen LogP contribution in [0.1, 0.15) is 25.5 Å². The second-order valence-corrected chi connectivity index (χ2v) is 2.95. The standard InChI is InChI=1S/C7H11N3O2/c1-5(2)7-6(10(11)12)4-8-9(7)3/h4-5H,1-3H3. The third-order valence-corrected chi connectivity index (χ3v) is 1.71. The van der Waals surface area contributed by atoms with Crippen molar-refractivity contribution in [1.82, 2.24) is 9.78 Å². The molecule has 0 aliphatic heterocycles. The normalized spacial score (nSPS) is 10.7. The highest BCUT2D eigenvalue weighted by Gasteiger charge is 2.20. The van der Waals surface area contributed by atoms with Crippen molar-refractivity contribution in [1.29, 1.82) is 0 Å². The molecule has 1 rings (SSSR count). The molecule has 1 aromatic heterocycles. The zero-order valence-corrected chi connectivity index (χ0v) is 7.31. The van der Waals surface area contributed by atoms with Gasteiger partial charge in [0.05, 0.1) is 4.92 Å². The molecule has 0 amide bonds. The molecule has 0 aromatic carbocycles. The van der Waals surface area contributed by atoms with E-state index in [0.29, 0.717) is 5.69 Å². The van der Waals surface area contributed by atoms with Crippen LogP contribution in [0.3, 0.4) is 0 Å². The van der Waals surface area contributed by atoms with Gasteiger partial charge in [-0.05, 0) is 0 Å². The maximum absolute atomic E-state index is 10.5. The van der Waals surface area contributed by atoms with Crippen molar-refractivity contribution in [2.75, 3.05) is 0 Å². The molecule has 0 N–H and O–H groups in total. The lowest BCUT2D eigenvalue weighted by Crippen LogP contribution is -2.02. The minimum Gasteiger partial charge on any atom is -0.265 e. The first kappa shape index (κ1) is 8.70. The molecule has 5 nitrogen and oxygen atoms in total. The lowest BCUT2D eigenvalue weighted by molar-refractivity contribution is -0.385. The minimum atomic E-state index is -0.400. The van der Waals surface area contributed by atoms with Crippen molar-refractivity contribution in [3.8, 4) is 0 Å². The third kappa shape index (κ3) is 1.30. The Morgan fingerprint density at radius 2 is 2.25 bits per heavy atom. The molecule has 0 fully saturated rings. The Morgan fingerprint density at radius 1 is 1.67 bits per heavy atom. The predicted molar refractivity (Wildman–Crippen MR) is 44.0 cm³/mol. The van der Waals surface area contributed by atoms with Gasteiger partial charge in [-0.1, -0.05) is 13.8 Å². The molecule has 0 radical (unpaired) electrons.